The van der Waals surface area contributed by atoms with E-state index in [1.54, 1.807) is 25.4 Å². The van der Waals surface area contributed by atoms with Gasteiger partial charge in [-0.25, -0.2) is 4.99 Å². The van der Waals surface area contributed by atoms with Gasteiger partial charge >= 0.3 is 0 Å². The molecule has 0 saturated heterocycles. The number of aromatic nitrogens is 1. The lowest BCUT2D eigenvalue weighted by Crippen LogP contribution is -2.29. The predicted molar refractivity (Wildman–Crippen MR) is 143 cm³/mol. The van der Waals surface area contributed by atoms with Crippen molar-refractivity contribution < 1.29 is 14.3 Å². The normalized spacial score (nSPS) is 15.4. The number of nitrogens with one attached hydrogen (secondary N) is 2. The van der Waals surface area contributed by atoms with Gasteiger partial charge in [0.15, 0.2) is 0 Å². The van der Waals surface area contributed by atoms with Gasteiger partial charge in [-0.1, -0.05) is 54.6 Å². The van der Waals surface area contributed by atoms with Crippen molar-refractivity contribution in [2.24, 2.45) is 15.7 Å². The van der Waals surface area contributed by atoms with E-state index in [4.69, 9.17) is 20.6 Å². The zero-order valence-electron chi connectivity index (χ0n) is 20.0. The van der Waals surface area contributed by atoms with Gasteiger partial charge in [-0.2, -0.15) is 4.99 Å². The second-order valence-electron chi connectivity index (χ2n) is 8.29. The number of amidine groups is 1. The van der Waals surface area contributed by atoms with Crippen molar-refractivity contribution in [3.8, 4) is 0 Å². The Kier molecular flexibility index (Phi) is 6.69. The summed E-state index contributed by atoms with van der Waals surface area (Å²) < 4.78 is 10.8. The molecule has 0 fully saturated rings. The van der Waals surface area contributed by atoms with Gasteiger partial charge in [0.25, 0.3) is 11.9 Å². The number of fused-ring (bicyclic) bond motifs is 2. The third kappa shape index (κ3) is 5.07. The molecular weight excluding hydrogens is 468 g/mol. The molecule has 0 radical (unpaired) electrons. The van der Waals surface area contributed by atoms with Crippen LogP contribution in [-0.2, 0) is 20.9 Å². The minimum absolute atomic E-state index is 0.229. The summed E-state index contributed by atoms with van der Waals surface area (Å²) in [6, 6.07) is 23.9. The van der Waals surface area contributed by atoms with E-state index in [9.17, 15) is 4.79 Å². The van der Waals surface area contributed by atoms with E-state index in [2.05, 4.69) is 20.3 Å². The number of hydrogen-bond acceptors (Lipinski definition) is 7. The highest BCUT2D eigenvalue weighted by molar-refractivity contribution is 6.19. The van der Waals surface area contributed by atoms with Crippen LogP contribution in [0.3, 0.4) is 0 Å². The van der Waals surface area contributed by atoms with Crippen molar-refractivity contribution in [1.82, 2.24) is 4.98 Å². The molecule has 37 heavy (non-hydrogen) atoms. The smallest absolute Gasteiger partial charge is 0.291 e. The molecular formula is C28H24N6O3. The number of benzodiazepines with no additional fused rings is 1. The Labute approximate surface area is 213 Å². The van der Waals surface area contributed by atoms with Crippen LogP contribution in [0.1, 0.15) is 22.3 Å². The third-order valence-corrected chi connectivity index (χ3v) is 5.79. The number of benzene rings is 3. The molecule has 1 aliphatic rings. The lowest BCUT2D eigenvalue weighted by molar-refractivity contribution is -0.117. The van der Waals surface area contributed by atoms with Crippen molar-refractivity contribution in [2.75, 3.05) is 12.4 Å². The fourth-order valence-electron chi connectivity index (χ4n) is 4.11. The fraction of sp³-hybridized carbons (Fsp3) is 0.107. The lowest BCUT2D eigenvalue weighted by Gasteiger charge is -2.11. The highest BCUT2D eigenvalue weighted by Crippen LogP contribution is 2.25. The first kappa shape index (κ1) is 23.8. The number of nitrogens with two attached hydrogens (primary N) is 1. The van der Waals surface area contributed by atoms with Gasteiger partial charge in [-0.3, -0.25) is 15.2 Å². The Morgan fingerprint density at radius 1 is 1.08 bits per heavy atom. The molecule has 0 unspecified atom stereocenters. The monoisotopic (exact) mass is 492 g/mol. The number of nitrogens with zero attached hydrogens (tertiary/aromatic N) is 3. The topological polar surface area (TPSA) is 135 Å². The summed E-state index contributed by atoms with van der Waals surface area (Å²) >= 11 is 0. The number of aliphatic imine (C=N–C) groups is 2. The van der Waals surface area contributed by atoms with E-state index >= 15 is 0 Å². The molecule has 0 aliphatic carbocycles. The standard InChI is InChI=1S/C28H24N6O3/c1-36-16-17-11-12-22-21(15-17)19(13-14-31-22)25(29)37-28(30)34-26-27(35)32-23-10-6-5-9-20(23)24(33-26)18-7-3-2-4-8-18/h2-15,26,29H,16H2,1H3,(H2,30,34)(H,32,35)/t26-/m1/s1. The Bertz CT molecular complexity index is 1550. The van der Waals surface area contributed by atoms with Gasteiger partial charge in [0.05, 0.1) is 23.5 Å². The number of anilines is 1. The Morgan fingerprint density at radius 3 is 2.68 bits per heavy atom. The summed E-state index contributed by atoms with van der Waals surface area (Å²) in [5, 5.41) is 12.1. The number of rotatable bonds is 5. The number of methoxy groups -OCH3 is 1. The summed E-state index contributed by atoms with van der Waals surface area (Å²) in [5.41, 5.74) is 11.0. The quantitative estimate of drug-likeness (QED) is 0.287. The zero-order chi connectivity index (χ0) is 25.8. The Morgan fingerprint density at radius 2 is 1.86 bits per heavy atom. The summed E-state index contributed by atoms with van der Waals surface area (Å²) in [6.07, 6.45) is 0.378. The predicted octanol–water partition coefficient (Wildman–Crippen LogP) is 3.85. The fourth-order valence-corrected chi connectivity index (χ4v) is 4.11. The molecule has 2 heterocycles. The molecule has 1 amide bonds. The molecule has 0 bridgehead atoms. The van der Waals surface area contributed by atoms with Gasteiger partial charge in [0, 0.05) is 35.4 Å². The van der Waals surface area contributed by atoms with E-state index in [-0.39, 0.29) is 11.9 Å². The van der Waals surface area contributed by atoms with Gasteiger partial charge in [0.1, 0.15) is 0 Å². The molecule has 9 heteroatoms. The average molecular weight is 493 g/mol. The number of pyridine rings is 1. The van der Waals surface area contributed by atoms with Crippen LogP contribution in [0, 0.1) is 5.41 Å². The van der Waals surface area contributed by atoms with Crippen LogP contribution in [-0.4, -0.2) is 41.8 Å². The van der Waals surface area contributed by atoms with E-state index < -0.39 is 12.1 Å². The number of carbonyl (C=O) groups is 1. The maximum Gasteiger partial charge on any atom is 0.291 e. The van der Waals surface area contributed by atoms with Crippen LogP contribution >= 0.6 is 0 Å². The SMILES string of the molecule is COCc1ccc2nccc(C(=N)OC(N)=N[C@H]3N=C(c4ccccc4)c4ccccc4NC3=O)c2c1. The van der Waals surface area contributed by atoms with Crippen LogP contribution in [0.15, 0.2) is 95.0 Å². The van der Waals surface area contributed by atoms with Crippen LogP contribution in [0.2, 0.25) is 0 Å². The molecule has 3 aromatic carbocycles. The van der Waals surface area contributed by atoms with Crippen LogP contribution in [0.5, 0.6) is 0 Å². The lowest BCUT2D eigenvalue weighted by atomic mass is 10.0. The summed E-state index contributed by atoms with van der Waals surface area (Å²) in [4.78, 5) is 26.2. The number of ether oxygens (including phenoxy) is 2. The minimum atomic E-state index is -1.21. The highest BCUT2D eigenvalue weighted by Gasteiger charge is 2.26. The van der Waals surface area contributed by atoms with Gasteiger partial charge in [-0.15, -0.1) is 0 Å². The molecule has 1 atom stereocenters. The van der Waals surface area contributed by atoms with Gasteiger partial charge in [-0.05, 0) is 29.8 Å². The van der Waals surface area contributed by atoms with Crippen LogP contribution in [0.4, 0.5) is 5.69 Å². The van der Waals surface area contributed by atoms with E-state index in [1.807, 2.05) is 66.7 Å². The van der Waals surface area contributed by atoms with Crippen molar-refractivity contribution in [1.29, 1.82) is 5.41 Å². The first-order chi connectivity index (χ1) is 18.0. The largest absolute Gasteiger partial charge is 0.407 e. The van der Waals surface area contributed by atoms with Crippen LogP contribution in [0.25, 0.3) is 10.9 Å². The number of para-hydroxylation sites is 1. The van der Waals surface area contributed by atoms with Gasteiger partial charge < -0.3 is 20.5 Å². The second-order valence-corrected chi connectivity index (χ2v) is 8.29. The molecule has 4 aromatic rings. The van der Waals surface area contributed by atoms with Crippen molar-refractivity contribution in [3.05, 3.63) is 107 Å². The van der Waals surface area contributed by atoms with Crippen LogP contribution < -0.4 is 11.1 Å². The first-order valence-corrected chi connectivity index (χ1v) is 11.5. The number of carbonyl (C=O) groups excluding carboxylic acids is 1. The average Bonchev–Trinajstić information content (AvgIpc) is 3.05. The van der Waals surface area contributed by atoms with Crippen molar-refractivity contribution in [2.45, 2.75) is 12.8 Å². The molecule has 5 rings (SSSR count). The number of amides is 1. The summed E-state index contributed by atoms with van der Waals surface area (Å²) in [5.74, 6) is -0.692. The molecule has 184 valence electrons. The highest BCUT2D eigenvalue weighted by atomic mass is 16.5. The van der Waals surface area contributed by atoms with Crippen molar-refractivity contribution >= 4 is 40.1 Å². The molecule has 0 saturated carbocycles. The van der Waals surface area contributed by atoms with E-state index in [0.717, 1.165) is 16.7 Å². The van der Waals surface area contributed by atoms with Crippen molar-refractivity contribution in [3.63, 3.8) is 0 Å². The molecule has 1 aliphatic heterocycles. The maximum atomic E-state index is 13.0. The summed E-state index contributed by atoms with van der Waals surface area (Å²) in [6.45, 7) is 0.420. The minimum Gasteiger partial charge on any atom is -0.407 e. The Balaban J connectivity index is 1.46. The molecule has 1 aromatic heterocycles. The van der Waals surface area contributed by atoms with E-state index in [1.165, 1.54) is 0 Å². The molecule has 0 spiro atoms. The third-order valence-electron chi connectivity index (χ3n) is 5.79. The van der Waals surface area contributed by atoms with Gasteiger partial charge in [0.2, 0.25) is 12.1 Å². The zero-order valence-corrected chi connectivity index (χ0v) is 20.0. The number of hydrogen-bond donors (Lipinski definition) is 3. The van der Waals surface area contributed by atoms with E-state index in [0.29, 0.717) is 34.5 Å². The Hall–Kier alpha value is -4.89. The molecule has 4 N–H and O–H groups in total. The summed E-state index contributed by atoms with van der Waals surface area (Å²) in [7, 11) is 1.62. The second kappa shape index (κ2) is 10.4. The first-order valence-electron chi connectivity index (χ1n) is 11.5. The molecule has 9 nitrogen and oxygen atoms in total. The maximum absolute atomic E-state index is 13.0.